The van der Waals surface area contributed by atoms with Gasteiger partial charge < -0.3 is 10.2 Å². The standard InChI is InChI=1S/C17H24N2OS/c1-21-12-13-3-2-4-15(9-13)17(20)18-10-14-7-8-19(11-14)16-5-6-16/h2-4,9,14,16H,5-8,10-12H2,1H3,(H,18,20). The summed E-state index contributed by atoms with van der Waals surface area (Å²) in [6.45, 7) is 3.20. The third-order valence-electron chi connectivity index (χ3n) is 4.43. The molecule has 114 valence electrons. The van der Waals surface area contributed by atoms with Crippen molar-refractivity contribution in [3.05, 3.63) is 35.4 Å². The van der Waals surface area contributed by atoms with Gasteiger partial charge in [-0.15, -0.1) is 0 Å². The molecule has 2 aliphatic rings. The Balaban J connectivity index is 1.48. The first-order valence-electron chi connectivity index (χ1n) is 7.86. The zero-order valence-electron chi connectivity index (χ0n) is 12.7. The van der Waals surface area contributed by atoms with Crippen molar-refractivity contribution < 1.29 is 4.79 Å². The van der Waals surface area contributed by atoms with Gasteiger partial charge in [-0.1, -0.05) is 12.1 Å². The monoisotopic (exact) mass is 304 g/mol. The predicted molar refractivity (Wildman–Crippen MR) is 88.7 cm³/mol. The second kappa shape index (κ2) is 6.84. The molecule has 1 saturated heterocycles. The summed E-state index contributed by atoms with van der Waals surface area (Å²) in [6.07, 6.45) is 6.06. The summed E-state index contributed by atoms with van der Waals surface area (Å²) in [4.78, 5) is 14.8. The van der Waals surface area contributed by atoms with Crippen molar-refractivity contribution in [1.82, 2.24) is 10.2 Å². The number of carbonyl (C=O) groups excluding carboxylic acids is 1. The summed E-state index contributed by atoms with van der Waals surface area (Å²) in [7, 11) is 0. The Bertz CT molecular complexity index is 501. The van der Waals surface area contributed by atoms with Crippen molar-refractivity contribution >= 4 is 17.7 Å². The van der Waals surface area contributed by atoms with Crippen LogP contribution in [0.15, 0.2) is 24.3 Å². The van der Waals surface area contributed by atoms with Crippen LogP contribution in [0, 0.1) is 5.92 Å². The number of carbonyl (C=O) groups is 1. The van der Waals surface area contributed by atoms with Crippen molar-refractivity contribution in [2.24, 2.45) is 5.92 Å². The van der Waals surface area contributed by atoms with Crippen LogP contribution in [0.25, 0.3) is 0 Å². The van der Waals surface area contributed by atoms with E-state index in [-0.39, 0.29) is 5.91 Å². The van der Waals surface area contributed by atoms with Gasteiger partial charge in [0.05, 0.1) is 0 Å². The van der Waals surface area contributed by atoms with Crippen LogP contribution in [-0.4, -0.2) is 42.7 Å². The molecule has 1 saturated carbocycles. The molecule has 1 aromatic carbocycles. The molecule has 1 unspecified atom stereocenters. The number of rotatable bonds is 6. The highest BCUT2D eigenvalue weighted by molar-refractivity contribution is 7.97. The zero-order chi connectivity index (χ0) is 14.7. The Morgan fingerprint density at radius 1 is 1.38 bits per heavy atom. The van der Waals surface area contributed by atoms with Crippen molar-refractivity contribution in [2.45, 2.75) is 31.1 Å². The lowest BCUT2D eigenvalue weighted by molar-refractivity contribution is 0.0947. The summed E-state index contributed by atoms with van der Waals surface area (Å²) in [5.41, 5.74) is 2.01. The Hall–Kier alpha value is -1.00. The van der Waals surface area contributed by atoms with Crippen LogP contribution in [0.3, 0.4) is 0 Å². The van der Waals surface area contributed by atoms with Gasteiger partial charge in [-0.2, -0.15) is 11.8 Å². The first-order valence-corrected chi connectivity index (χ1v) is 9.26. The van der Waals surface area contributed by atoms with Gasteiger partial charge in [-0.05, 0) is 55.7 Å². The Morgan fingerprint density at radius 3 is 3.00 bits per heavy atom. The normalized spacial score (nSPS) is 22.4. The third kappa shape index (κ3) is 4.01. The predicted octanol–water partition coefficient (Wildman–Crippen LogP) is 2.76. The van der Waals surface area contributed by atoms with Crippen molar-refractivity contribution in [2.75, 3.05) is 25.9 Å². The summed E-state index contributed by atoms with van der Waals surface area (Å²) >= 11 is 1.78. The molecule has 2 fully saturated rings. The molecule has 21 heavy (non-hydrogen) atoms. The summed E-state index contributed by atoms with van der Waals surface area (Å²) in [6, 6.07) is 8.83. The number of nitrogens with one attached hydrogen (secondary N) is 1. The van der Waals surface area contributed by atoms with E-state index in [0.29, 0.717) is 5.92 Å². The highest BCUT2D eigenvalue weighted by Crippen LogP contribution is 2.31. The average Bonchev–Trinajstić information content (AvgIpc) is 3.24. The zero-order valence-corrected chi connectivity index (χ0v) is 13.5. The molecular weight excluding hydrogens is 280 g/mol. The molecule has 1 amide bonds. The molecule has 0 spiro atoms. The molecule has 0 bridgehead atoms. The van der Waals surface area contributed by atoms with Gasteiger partial charge in [0, 0.05) is 30.4 Å². The Kier molecular flexibility index (Phi) is 4.86. The fourth-order valence-electron chi connectivity index (χ4n) is 3.11. The molecule has 1 aliphatic heterocycles. The Morgan fingerprint density at radius 2 is 2.24 bits per heavy atom. The van der Waals surface area contributed by atoms with E-state index in [9.17, 15) is 4.79 Å². The van der Waals surface area contributed by atoms with Crippen LogP contribution in [0.1, 0.15) is 35.2 Å². The van der Waals surface area contributed by atoms with Crippen LogP contribution in [0.4, 0.5) is 0 Å². The molecule has 1 N–H and O–H groups in total. The number of hydrogen-bond acceptors (Lipinski definition) is 3. The van der Waals surface area contributed by atoms with Crippen molar-refractivity contribution in [3.63, 3.8) is 0 Å². The van der Waals surface area contributed by atoms with Gasteiger partial charge in [0.2, 0.25) is 0 Å². The van der Waals surface area contributed by atoms with Gasteiger partial charge in [0.15, 0.2) is 0 Å². The molecule has 1 heterocycles. The highest BCUT2D eigenvalue weighted by Gasteiger charge is 2.34. The first kappa shape index (κ1) is 14.9. The quantitative estimate of drug-likeness (QED) is 0.877. The van der Waals surface area contributed by atoms with Crippen LogP contribution >= 0.6 is 11.8 Å². The fourth-order valence-corrected chi connectivity index (χ4v) is 3.62. The summed E-state index contributed by atoms with van der Waals surface area (Å²) in [5.74, 6) is 1.66. The molecule has 3 rings (SSSR count). The minimum atomic E-state index is 0.0721. The largest absolute Gasteiger partial charge is 0.352 e. The molecule has 0 radical (unpaired) electrons. The number of amides is 1. The summed E-state index contributed by atoms with van der Waals surface area (Å²) in [5, 5.41) is 3.12. The number of thioether (sulfide) groups is 1. The van der Waals surface area contributed by atoms with Crippen molar-refractivity contribution in [1.29, 1.82) is 0 Å². The smallest absolute Gasteiger partial charge is 0.251 e. The Labute approximate surface area is 131 Å². The molecule has 1 aromatic rings. The van der Waals surface area contributed by atoms with Gasteiger partial charge in [0.1, 0.15) is 0 Å². The minimum absolute atomic E-state index is 0.0721. The average molecular weight is 304 g/mol. The van der Waals surface area contributed by atoms with Crippen molar-refractivity contribution in [3.8, 4) is 0 Å². The number of nitrogens with zero attached hydrogens (tertiary/aromatic N) is 1. The number of benzene rings is 1. The van der Waals surface area contributed by atoms with Gasteiger partial charge in [-0.3, -0.25) is 4.79 Å². The van der Waals surface area contributed by atoms with E-state index < -0.39 is 0 Å². The number of hydrogen-bond donors (Lipinski definition) is 1. The van der Waals surface area contributed by atoms with E-state index in [1.165, 1.54) is 31.4 Å². The van der Waals surface area contributed by atoms with Gasteiger partial charge in [0.25, 0.3) is 5.91 Å². The van der Waals surface area contributed by atoms with Crippen LogP contribution in [0.5, 0.6) is 0 Å². The maximum Gasteiger partial charge on any atom is 0.251 e. The second-order valence-electron chi connectivity index (χ2n) is 6.22. The lowest BCUT2D eigenvalue weighted by Crippen LogP contribution is -2.31. The van der Waals surface area contributed by atoms with E-state index in [0.717, 1.165) is 30.4 Å². The topological polar surface area (TPSA) is 32.3 Å². The first-order chi connectivity index (χ1) is 10.3. The summed E-state index contributed by atoms with van der Waals surface area (Å²) < 4.78 is 0. The maximum absolute atomic E-state index is 12.3. The van der Waals surface area contributed by atoms with Gasteiger partial charge >= 0.3 is 0 Å². The van der Waals surface area contributed by atoms with Gasteiger partial charge in [-0.25, -0.2) is 0 Å². The van der Waals surface area contributed by atoms with Crippen LogP contribution < -0.4 is 5.32 Å². The minimum Gasteiger partial charge on any atom is -0.352 e. The lowest BCUT2D eigenvalue weighted by atomic mass is 10.1. The van der Waals surface area contributed by atoms with E-state index in [1.807, 2.05) is 18.2 Å². The highest BCUT2D eigenvalue weighted by atomic mass is 32.2. The molecule has 3 nitrogen and oxygen atoms in total. The third-order valence-corrected chi connectivity index (χ3v) is 5.05. The van der Waals surface area contributed by atoms with E-state index in [2.05, 4.69) is 22.5 Å². The second-order valence-corrected chi connectivity index (χ2v) is 7.09. The molecular formula is C17H24N2OS. The van der Waals surface area contributed by atoms with E-state index >= 15 is 0 Å². The lowest BCUT2D eigenvalue weighted by Gasteiger charge is -2.15. The fraction of sp³-hybridized carbons (Fsp3) is 0.588. The van der Waals surface area contributed by atoms with Crippen LogP contribution in [0.2, 0.25) is 0 Å². The molecule has 0 aromatic heterocycles. The SMILES string of the molecule is CSCc1cccc(C(=O)NCC2CCN(C3CC3)C2)c1. The molecule has 1 atom stereocenters. The van der Waals surface area contributed by atoms with E-state index in [1.54, 1.807) is 11.8 Å². The molecule has 4 heteroatoms. The van der Waals surface area contributed by atoms with Crippen LogP contribution in [-0.2, 0) is 5.75 Å². The molecule has 1 aliphatic carbocycles. The van der Waals surface area contributed by atoms with E-state index in [4.69, 9.17) is 0 Å². The number of likely N-dealkylation sites (tertiary alicyclic amines) is 1. The maximum atomic E-state index is 12.3.